The molecule has 0 aliphatic carbocycles. The van der Waals surface area contributed by atoms with Crippen LogP contribution in [0.2, 0.25) is 10.0 Å². The van der Waals surface area contributed by atoms with Crippen LogP contribution in [0.15, 0.2) is 24.3 Å². The number of anilines is 1. The van der Waals surface area contributed by atoms with E-state index in [1.165, 1.54) is 0 Å². The first-order chi connectivity index (χ1) is 8.00. The molecule has 90 valence electrons. The molecule has 0 fully saturated rings. The molecule has 17 heavy (non-hydrogen) atoms. The third-order valence-electron chi connectivity index (χ3n) is 2.51. The van der Waals surface area contributed by atoms with Gasteiger partial charge in [0.1, 0.15) is 5.82 Å². The van der Waals surface area contributed by atoms with Crippen molar-refractivity contribution in [1.82, 2.24) is 9.78 Å². The predicted octanol–water partition coefficient (Wildman–Crippen LogP) is 3.88. The molecule has 2 rings (SSSR count). The van der Waals surface area contributed by atoms with Crippen LogP contribution in [0.5, 0.6) is 0 Å². The number of nitrogen functional groups attached to an aromatic ring is 1. The van der Waals surface area contributed by atoms with Gasteiger partial charge in [0.25, 0.3) is 0 Å². The number of halogens is 2. The van der Waals surface area contributed by atoms with Gasteiger partial charge in [0.15, 0.2) is 0 Å². The fourth-order valence-corrected chi connectivity index (χ4v) is 1.92. The highest BCUT2D eigenvalue weighted by Crippen LogP contribution is 2.30. The molecule has 0 bridgehead atoms. The van der Waals surface area contributed by atoms with Crippen molar-refractivity contribution >= 4 is 29.0 Å². The van der Waals surface area contributed by atoms with Crippen LogP contribution in [0, 0.1) is 0 Å². The van der Waals surface area contributed by atoms with Gasteiger partial charge in [-0.15, -0.1) is 0 Å². The van der Waals surface area contributed by atoms with Crippen LogP contribution in [0.25, 0.3) is 5.69 Å². The minimum atomic E-state index is 0.316. The molecule has 0 saturated heterocycles. The Morgan fingerprint density at radius 2 is 2.00 bits per heavy atom. The summed E-state index contributed by atoms with van der Waals surface area (Å²) in [5, 5.41) is 5.38. The quantitative estimate of drug-likeness (QED) is 0.899. The molecule has 0 amide bonds. The lowest BCUT2D eigenvalue weighted by Gasteiger charge is -2.07. The van der Waals surface area contributed by atoms with E-state index in [2.05, 4.69) is 18.9 Å². The van der Waals surface area contributed by atoms with Crippen LogP contribution in [0.3, 0.4) is 0 Å². The summed E-state index contributed by atoms with van der Waals surface area (Å²) in [6.45, 7) is 4.12. The van der Waals surface area contributed by atoms with E-state index < -0.39 is 0 Å². The summed E-state index contributed by atoms with van der Waals surface area (Å²) in [4.78, 5) is 0. The summed E-state index contributed by atoms with van der Waals surface area (Å²) < 4.78 is 1.61. The van der Waals surface area contributed by atoms with Crippen molar-refractivity contribution in [3.8, 4) is 5.69 Å². The molecule has 2 aromatic rings. The Kier molecular flexibility index (Phi) is 3.31. The number of aromatic nitrogens is 2. The molecular formula is C12H13Cl2N3. The minimum Gasteiger partial charge on any atom is -0.384 e. The number of hydrogen-bond donors (Lipinski definition) is 1. The van der Waals surface area contributed by atoms with Gasteiger partial charge in [0.05, 0.1) is 21.4 Å². The van der Waals surface area contributed by atoms with Gasteiger partial charge in [-0.05, 0) is 18.1 Å². The van der Waals surface area contributed by atoms with Crippen LogP contribution in [-0.4, -0.2) is 9.78 Å². The third-order valence-corrected chi connectivity index (χ3v) is 3.32. The lowest BCUT2D eigenvalue weighted by atomic mass is 10.1. The van der Waals surface area contributed by atoms with Crippen LogP contribution in [-0.2, 0) is 0 Å². The summed E-state index contributed by atoms with van der Waals surface area (Å²) in [6.07, 6.45) is 0. The Balaban J connectivity index is 2.57. The average molecular weight is 270 g/mol. The Bertz CT molecular complexity index is 547. The van der Waals surface area contributed by atoms with E-state index in [1.54, 1.807) is 10.7 Å². The molecule has 1 aromatic heterocycles. The molecule has 1 aromatic carbocycles. The minimum absolute atomic E-state index is 0.316. The predicted molar refractivity (Wildman–Crippen MR) is 72.1 cm³/mol. The van der Waals surface area contributed by atoms with Crippen molar-refractivity contribution in [3.63, 3.8) is 0 Å². The zero-order valence-electron chi connectivity index (χ0n) is 9.61. The Hall–Kier alpha value is -1.19. The summed E-state index contributed by atoms with van der Waals surface area (Å²) in [5.74, 6) is 0.870. The number of benzene rings is 1. The van der Waals surface area contributed by atoms with Gasteiger partial charge in [-0.25, -0.2) is 4.68 Å². The molecule has 5 heteroatoms. The van der Waals surface area contributed by atoms with Gasteiger partial charge in [0, 0.05) is 6.07 Å². The molecule has 0 aliphatic rings. The maximum absolute atomic E-state index is 6.14. The Morgan fingerprint density at radius 3 is 2.59 bits per heavy atom. The first kappa shape index (κ1) is 12.3. The van der Waals surface area contributed by atoms with Gasteiger partial charge in [-0.3, -0.25) is 0 Å². The Morgan fingerprint density at radius 1 is 1.29 bits per heavy atom. The van der Waals surface area contributed by atoms with Gasteiger partial charge < -0.3 is 5.73 Å². The van der Waals surface area contributed by atoms with Crippen molar-refractivity contribution in [2.75, 3.05) is 5.73 Å². The maximum atomic E-state index is 6.14. The normalized spacial score (nSPS) is 11.1. The van der Waals surface area contributed by atoms with Crippen LogP contribution < -0.4 is 5.73 Å². The van der Waals surface area contributed by atoms with E-state index in [-0.39, 0.29) is 0 Å². The maximum Gasteiger partial charge on any atom is 0.127 e. The molecule has 0 spiro atoms. The lowest BCUT2D eigenvalue weighted by Crippen LogP contribution is -2.03. The first-order valence-corrected chi connectivity index (χ1v) is 6.06. The van der Waals surface area contributed by atoms with Crippen molar-refractivity contribution < 1.29 is 0 Å². The van der Waals surface area contributed by atoms with E-state index in [0.717, 1.165) is 5.69 Å². The zero-order valence-corrected chi connectivity index (χ0v) is 11.1. The average Bonchev–Trinajstić information content (AvgIpc) is 2.65. The van der Waals surface area contributed by atoms with E-state index in [0.29, 0.717) is 27.5 Å². The van der Waals surface area contributed by atoms with Crippen LogP contribution in [0.1, 0.15) is 25.5 Å². The van der Waals surface area contributed by atoms with Gasteiger partial charge in [-0.1, -0.05) is 43.1 Å². The van der Waals surface area contributed by atoms with Crippen LogP contribution in [0.4, 0.5) is 5.82 Å². The second-order valence-electron chi connectivity index (χ2n) is 4.13. The Labute approximate surface area is 110 Å². The first-order valence-electron chi connectivity index (χ1n) is 5.30. The molecule has 1 heterocycles. The third kappa shape index (κ3) is 2.26. The topological polar surface area (TPSA) is 43.8 Å². The van der Waals surface area contributed by atoms with Gasteiger partial charge >= 0.3 is 0 Å². The fraction of sp³-hybridized carbons (Fsp3) is 0.250. The zero-order chi connectivity index (χ0) is 12.6. The van der Waals surface area contributed by atoms with E-state index in [1.807, 2.05) is 18.2 Å². The number of hydrogen-bond acceptors (Lipinski definition) is 2. The summed E-state index contributed by atoms with van der Waals surface area (Å²) in [7, 11) is 0. The fourth-order valence-electron chi connectivity index (χ4n) is 1.55. The highest BCUT2D eigenvalue weighted by molar-refractivity contribution is 6.43. The van der Waals surface area contributed by atoms with E-state index >= 15 is 0 Å². The highest BCUT2D eigenvalue weighted by Gasteiger charge is 2.13. The van der Waals surface area contributed by atoms with Crippen molar-refractivity contribution in [1.29, 1.82) is 0 Å². The SMILES string of the molecule is CC(C)c1cc(N)n(-c2cccc(Cl)c2Cl)n1. The van der Waals surface area contributed by atoms with E-state index in [4.69, 9.17) is 28.9 Å². The molecule has 0 atom stereocenters. The number of nitrogens with two attached hydrogens (primary N) is 1. The van der Waals surface area contributed by atoms with Crippen molar-refractivity contribution in [2.24, 2.45) is 0 Å². The van der Waals surface area contributed by atoms with Gasteiger partial charge in [-0.2, -0.15) is 5.10 Å². The molecule has 0 aliphatic heterocycles. The van der Waals surface area contributed by atoms with E-state index in [9.17, 15) is 0 Å². The molecular weight excluding hydrogens is 257 g/mol. The summed E-state index contributed by atoms with van der Waals surface area (Å²) in [5.41, 5.74) is 7.56. The highest BCUT2D eigenvalue weighted by atomic mass is 35.5. The summed E-state index contributed by atoms with van der Waals surface area (Å²) >= 11 is 12.1. The molecule has 0 radical (unpaired) electrons. The molecule has 0 unspecified atom stereocenters. The monoisotopic (exact) mass is 269 g/mol. The van der Waals surface area contributed by atoms with Crippen LogP contribution >= 0.6 is 23.2 Å². The summed E-state index contributed by atoms with van der Waals surface area (Å²) in [6, 6.07) is 7.24. The lowest BCUT2D eigenvalue weighted by molar-refractivity contribution is 0.771. The number of nitrogens with zero attached hydrogens (tertiary/aromatic N) is 2. The van der Waals surface area contributed by atoms with Gasteiger partial charge in [0.2, 0.25) is 0 Å². The largest absolute Gasteiger partial charge is 0.384 e. The number of rotatable bonds is 2. The molecule has 0 saturated carbocycles. The smallest absolute Gasteiger partial charge is 0.127 e. The van der Waals surface area contributed by atoms with Crippen molar-refractivity contribution in [3.05, 3.63) is 40.0 Å². The standard InChI is InChI=1S/C12H13Cl2N3/c1-7(2)9-6-11(15)17(16-9)10-5-3-4-8(13)12(10)14/h3-7H,15H2,1-2H3. The molecule has 3 nitrogen and oxygen atoms in total. The van der Waals surface area contributed by atoms with Crippen molar-refractivity contribution in [2.45, 2.75) is 19.8 Å². The second-order valence-corrected chi connectivity index (χ2v) is 4.92. The molecule has 2 N–H and O–H groups in total. The second kappa shape index (κ2) is 4.59.